The minimum Gasteiger partial charge on any atom is -0.410 e. The Kier molecular flexibility index (Phi) is 4.31. The van der Waals surface area contributed by atoms with Gasteiger partial charge < -0.3 is 10.2 Å². The molecule has 0 spiro atoms. The summed E-state index contributed by atoms with van der Waals surface area (Å²) in [7, 11) is 0. The largest absolute Gasteiger partial charge is 0.410 e. The van der Waals surface area contributed by atoms with Gasteiger partial charge in [0.15, 0.2) is 5.75 Å². The summed E-state index contributed by atoms with van der Waals surface area (Å²) >= 11 is 1.30. The van der Waals surface area contributed by atoms with E-state index in [1.165, 1.54) is 11.8 Å². The van der Waals surface area contributed by atoms with Crippen LogP contribution in [0.2, 0.25) is 0 Å². The number of para-hydroxylation sites is 1. The fraction of sp³-hybridized carbons (Fsp3) is 0.250. The summed E-state index contributed by atoms with van der Waals surface area (Å²) in [6, 6.07) is 7.14. The van der Waals surface area contributed by atoms with Crippen LogP contribution in [-0.2, 0) is 0 Å². The van der Waals surface area contributed by atoms with Gasteiger partial charge in [-0.15, -0.1) is 11.8 Å². The van der Waals surface area contributed by atoms with Gasteiger partial charge in [-0.05, 0) is 26.0 Å². The van der Waals surface area contributed by atoms with Gasteiger partial charge in [-0.3, -0.25) is 0 Å². The molecule has 0 amide bonds. The molecule has 0 atom stereocenters. The number of rotatable bonds is 5. The quantitative estimate of drug-likeness (QED) is 0.481. The van der Waals surface area contributed by atoms with Gasteiger partial charge in [-0.1, -0.05) is 18.7 Å². The van der Waals surface area contributed by atoms with Crippen LogP contribution in [0.3, 0.4) is 0 Å². The van der Waals surface area contributed by atoms with Gasteiger partial charge in [-0.25, -0.2) is 4.39 Å². The maximum absolute atomic E-state index is 13.0. The normalized spacial score (nSPS) is 11.1. The number of thioether (sulfide) groups is 1. The molecule has 0 unspecified atom stereocenters. The Morgan fingerprint density at radius 2 is 2.06 bits per heavy atom. The second kappa shape index (κ2) is 5.33. The van der Waals surface area contributed by atoms with Crippen molar-refractivity contribution in [2.75, 3.05) is 0 Å². The molecule has 0 bridgehead atoms. The molecule has 5 heteroatoms. The van der Waals surface area contributed by atoms with E-state index in [0.717, 1.165) is 4.90 Å². The van der Waals surface area contributed by atoms with Crippen LogP contribution in [0.4, 0.5) is 4.39 Å². The van der Waals surface area contributed by atoms with Gasteiger partial charge in [-0.2, -0.15) is 5.90 Å². The molecule has 0 saturated carbocycles. The highest BCUT2D eigenvalue weighted by Crippen LogP contribution is 2.39. The molecule has 0 heterocycles. The van der Waals surface area contributed by atoms with Crippen molar-refractivity contribution in [3.05, 3.63) is 36.7 Å². The van der Waals surface area contributed by atoms with Crippen molar-refractivity contribution in [3.63, 3.8) is 0 Å². The number of benzene rings is 1. The Morgan fingerprint density at radius 1 is 1.47 bits per heavy atom. The highest BCUT2D eigenvalue weighted by molar-refractivity contribution is 8.01. The van der Waals surface area contributed by atoms with Crippen molar-refractivity contribution >= 4 is 17.5 Å². The van der Waals surface area contributed by atoms with Crippen molar-refractivity contribution < 1.29 is 9.23 Å². The summed E-state index contributed by atoms with van der Waals surface area (Å²) < 4.78 is 12.3. The van der Waals surface area contributed by atoms with E-state index in [4.69, 9.17) is 16.1 Å². The molecule has 0 aliphatic carbocycles. The minimum atomic E-state index is -0.736. The summed E-state index contributed by atoms with van der Waals surface area (Å²) in [5, 5.41) is 7.66. The lowest BCUT2D eigenvalue weighted by atomic mass is 10.1. The van der Waals surface area contributed by atoms with Crippen LogP contribution in [-0.4, -0.2) is 10.5 Å². The van der Waals surface area contributed by atoms with Crippen LogP contribution in [0.5, 0.6) is 5.75 Å². The van der Waals surface area contributed by atoms with E-state index in [-0.39, 0.29) is 5.71 Å². The molecule has 0 saturated heterocycles. The van der Waals surface area contributed by atoms with E-state index < -0.39 is 10.6 Å². The fourth-order valence-electron chi connectivity index (χ4n) is 1.28. The Labute approximate surface area is 104 Å². The van der Waals surface area contributed by atoms with Gasteiger partial charge in [0.05, 0.1) is 15.4 Å². The summed E-state index contributed by atoms with van der Waals surface area (Å²) in [5.41, 5.74) is -0.144. The van der Waals surface area contributed by atoms with Crippen molar-refractivity contribution in [1.29, 1.82) is 5.41 Å². The van der Waals surface area contributed by atoms with Crippen LogP contribution < -0.4 is 10.7 Å². The maximum Gasteiger partial charge on any atom is 0.160 e. The third-order valence-corrected chi connectivity index (χ3v) is 3.49. The van der Waals surface area contributed by atoms with Crippen molar-refractivity contribution in [2.24, 2.45) is 5.90 Å². The Morgan fingerprint density at radius 3 is 2.59 bits per heavy atom. The highest BCUT2D eigenvalue weighted by atomic mass is 32.2. The second-order valence-electron chi connectivity index (χ2n) is 3.96. The van der Waals surface area contributed by atoms with Crippen LogP contribution in [0, 0.1) is 5.41 Å². The minimum absolute atomic E-state index is 0.144. The van der Waals surface area contributed by atoms with E-state index in [0.29, 0.717) is 5.75 Å². The number of hydrogen-bond acceptors (Lipinski definition) is 4. The smallest absolute Gasteiger partial charge is 0.160 e. The summed E-state index contributed by atoms with van der Waals surface area (Å²) in [5.74, 6) is 4.92. The van der Waals surface area contributed by atoms with Gasteiger partial charge in [0.2, 0.25) is 0 Å². The first kappa shape index (κ1) is 13.7. The lowest BCUT2D eigenvalue weighted by Crippen LogP contribution is -2.27. The predicted molar refractivity (Wildman–Crippen MR) is 69.2 cm³/mol. The fourth-order valence-corrected chi connectivity index (χ4v) is 2.41. The van der Waals surface area contributed by atoms with Gasteiger partial charge >= 0.3 is 0 Å². The number of nitrogens with two attached hydrogens (primary N) is 1. The molecular weight excluding hydrogens is 239 g/mol. The predicted octanol–water partition coefficient (Wildman–Crippen LogP) is 3.31. The SMILES string of the molecule is C=C(F)C(=N)C(C)(C)Sc1ccccc1ON. The molecule has 1 aromatic carbocycles. The van der Waals surface area contributed by atoms with Crippen LogP contribution in [0.25, 0.3) is 0 Å². The summed E-state index contributed by atoms with van der Waals surface area (Å²) in [6.45, 7) is 6.64. The van der Waals surface area contributed by atoms with Crippen LogP contribution in [0.15, 0.2) is 41.6 Å². The average Bonchev–Trinajstić information content (AvgIpc) is 2.28. The van der Waals surface area contributed by atoms with Gasteiger partial charge in [0, 0.05) is 0 Å². The first-order valence-electron chi connectivity index (χ1n) is 4.97. The van der Waals surface area contributed by atoms with E-state index in [1.54, 1.807) is 26.0 Å². The third kappa shape index (κ3) is 3.31. The third-order valence-electron chi connectivity index (χ3n) is 2.21. The zero-order valence-corrected chi connectivity index (χ0v) is 10.6. The molecule has 0 aliphatic rings. The van der Waals surface area contributed by atoms with Crippen LogP contribution in [0.1, 0.15) is 13.8 Å². The Bertz CT molecular complexity index is 446. The molecule has 0 radical (unpaired) electrons. The van der Waals surface area contributed by atoms with E-state index in [1.807, 2.05) is 12.1 Å². The summed E-state index contributed by atoms with van der Waals surface area (Å²) in [4.78, 5) is 5.48. The molecule has 3 N–H and O–H groups in total. The first-order valence-corrected chi connectivity index (χ1v) is 5.78. The molecule has 17 heavy (non-hydrogen) atoms. The molecular formula is C12H15FN2OS. The van der Waals surface area contributed by atoms with Crippen LogP contribution >= 0.6 is 11.8 Å². The molecule has 0 aromatic heterocycles. The van der Waals surface area contributed by atoms with Crippen molar-refractivity contribution in [3.8, 4) is 5.75 Å². The molecule has 92 valence electrons. The lowest BCUT2D eigenvalue weighted by molar-refractivity contribution is 0.326. The van der Waals surface area contributed by atoms with E-state index in [2.05, 4.69) is 6.58 Å². The maximum atomic E-state index is 13.0. The molecule has 3 nitrogen and oxygen atoms in total. The number of hydrogen-bond donors (Lipinski definition) is 2. The molecule has 1 rings (SSSR count). The van der Waals surface area contributed by atoms with E-state index in [9.17, 15) is 4.39 Å². The Hall–Kier alpha value is -1.33. The van der Waals surface area contributed by atoms with Crippen molar-refractivity contribution in [2.45, 2.75) is 23.5 Å². The topological polar surface area (TPSA) is 59.1 Å². The second-order valence-corrected chi connectivity index (χ2v) is 5.62. The number of halogens is 1. The zero-order chi connectivity index (χ0) is 13.1. The molecule has 0 aliphatic heterocycles. The number of allylic oxidation sites excluding steroid dienone is 1. The monoisotopic (exact) mass is 254 g/mol. The highest BCUT2D eigenvalue weighted by Gasteiger charge is 2.28. The lowest BCUT2D eigenvalue weighted by Gasteiger charge is -2.24. The number of nitrogens with one attached hydrogen (secondary N) is 1. The summed E-state index contributed by atoms with van der Waals surface area (Å²) in [6.07, 6.45) is 0. The molecule has 0 fully saturated rings. The first-order chi connectivity index (χ1) is 7.88. The van der Waals surface area contributed by atoms with Gasteiger partial charge in [0.25, 0.3) is 0 Å². The Balaban J connectivity index is 2.97. The standard InChI is InChI=1S/C12H15FN2OS/c1-8(13)11(14)12(2,3)17-10-7-5-4-6-9(10)16-15/h4-7,14H,1,15H2,2-3H3. The zero-order valence-electron chi connectivity index (χ0n) is 9.79. The molecule has 1 aromatic rings. The van der Waals surface area contributed by atoms with Gasteiger partial charge in [0.1, 0.15) is 5.83 Å². The van der Waals surface area contributed by atoms with Crippen molar-refractivity contribution in [1.82, 2.24) is 0 Å². The average molecular weight is 254 g/mol. The van der Waals surface area contributed by atoms with E-state index >= 15 is 0 Å².